The lowest BCUT2D eigenvalue weighted by Gasteiger charge is -2.10. The van der Waals surface area contributed by atoms with Gasteiger partial charge in [0.2, 0.25) is 0 Å². The molecule has 13 heavy (non-hydrogen) atoms. The van der Waals surface area contributed by atoms with Gasteiger partial charge in [0.1, 0.15) is 0 Å². The number of pyridine rings is 1. The fraction of sp³-hybridized carbons (Fsp3) is 0.545. The van der Waals surface area contributed by atoms with E-state index in [-0.39, 0.29) is 0 Å². The van der Waals surface area contributed by atoms with Crippen molar-refractivity contribution in [2.75, 3.05) is 0 Å². The summed E-state index contributed by atoms with van der Waals surface area (Å²) in [7, 11) is 0. The molecule has 2 rings (SSSR count). The molecule has 0 spiro atoms. The zero-order chi connectivity index (χ0) is 9.42. The molecule has 0 aliphatic carbocycles. The van der Waals surface area contributed by atoms with E-state index in [1.165, 1.54) is 28.1 Å². The van der Waals surface area contributed by atoms with E-state index in [1.54, 1.807) is 0 Å². The molecule has 2 heteroatoms. The van der Waals surface area contributed by atoms with Gasteiger partial charge in [-0.05, 0) is 37.0 Å². The van der Waals surface area contributed by atoms with Crippen molar-refractivity contribution >= 4 is 0 Å². The van der Waals surface area contributed by atoms with Crippen LogP contribution in [0.15, 0.2) is 0 Å². The van der Waals surface area contributed by atoms with Crippen LogP contribution in [0.4, 0.5) is 0 Å². The van der Waals surface area contributed by atoms with Gasteiger partial charge in [-0.3, -0.25) is 4.98 Å². The normalized spacial score (nSPS) is 14.7. The summed E-state index contributed by atoms with van der Waals surface area (Å²) < 4.78 is 0. The van der Waals surface area contributed by atoms with Crippen molar-refractivity contribution in [3.05, 3.63) is 28.1 Å². The van der Waals surface area contributed by atoms with E-state index in [1.807, 2.05) is 0 Å². The summed E-state index contributed by atoms with van der Waals surface area (Å²) in [6.45, 7) is 8.49. The Labute approximate surface area is 79.4 Å². The minimum Gasteiger partial charge on any atom is -0.309 e. The predicted molar refractivity (Wildman–Crippen MR) is 53.6 cm³/mol. The molecule has 1 aromatic heterocycles. The van der Waals surface area contributed by atoms with E-state index >= 15 is 0 Å². The summed E-state index contributed by atoms with van der Waals surface area (Å²) in [5.74, 6) is 0. The number of aromatic nitrogens is 1. The van der Waals surface area contributed by atoms with Gasteiger partial charge in [0, 0.05) is 24.5 Å². The summed E-state index contributed by atoms with van der Waals surface area (Å²) in [5.41, 5.74) is 6.79. The van der Waals surface area contributed by atoms with Crippen molar-refractivity contribution in [1.29, 1.82) is 0 Å². The lowest BCUT2D eigenvalue weighted by atomic mass is 10.0. The molecule has 0 aromatic carbocycles. The predicted octanol–water partition coefficient (Wildman–Crippen LogP) is 1.86. The smallest absolute Gasteiger partial charge is 0.0452 e. The molecule has 0 saturated heterocycles. The Bertz CT molecular complexity index is 342. The van der Waals surface area contributed by atoms with Gasteiger partial charge in [-0.25, -0.2) is 0 Å². The van der Waals surface area contributed by atoms with Crippen molar-refractivity contribution in [3.63, 3.8) is 0 Å². The number of hydrogen-bond donors (Lipinski definition) is 1. The Hall–Kier alpha value is -0.890. The number of aryl methyl sites for hydroxylation is 2. The third kappa shape index (κ3) is 1.25. The first-order chi connectivity index (χ1) is 6.24. The van der Waals surface area contributed by atoms with Gasteiger partial charge in [-0.2, -0.15) is 0 Å². The molecule has 0 radical (unpaired) electrons. The molecule has 0 bridgehead atoms. The van der Waals surface area contributed by atoms with Crippen LogP contribution in [0, 0.1) is 13.8 Å². The minimum absolute atomic E-state index is 1.01. The quantitative estimate of drug-likeness (QED) is 0.706. The van der Waals surface area contributed by atoms with Gasteiger partial charge >= 0.3 is 0 Å². The van der Waals surface area contributed by atoms with Crippen LogP contribution < -0.4 is 5.32 Å². The van der Waals surface area contributed by atoms with E-state index in [0.29, 0.717) is 0 Å². The SMILES string of the molecule is CCc1nc(C)c(C)c2c1CNC2. The molecule has 70 valence electrons. The molecular weight excluding hydrogens is 160 g/mol. The van der Waals surface area contributed by atoms with Gasteiger partial charge in [0.15, 0.2) is 0 Å². The van der Waals surface area contributed by atoms with Crippen LogP contribution in [-0.4, -0.2) is 4.98 Å². The van der Waals surface area contributed by atoms with Gasteiger partial charge in [0.25, 0.3) is 0 Å². The molecule has 0 amide bonds. The average molecular weight is 176 g/mol. The third-order valence-electron chi connectivity index (χ3n) is 2.95. The van der Waals surface area contributed by atoms with Crippen molar-refractivity contribution < 1.29 is 0 Å². The highest BCUT2D eigenvalue weighted by Crippen LogP contribution is 2.24. The maximum absolute atomic E-state index is 4.62. The second-order valence-corrected chi connectivity index (χ2v) is 3.68. The Balaban J connectivity index is 2.64. The van der Waals surface area contributed by atoms with Gasteiger partial charge in [-0.15, -0.1) is 0 Å². The molecule has 1 aromatic rings. The number of hydrogen-bond acceptors (Lipinski definition) is 2. The van der Waals surface area contributed by atoms with E-state index in [2.05, 4.69) is 31.1 Å². The summed E-state index contributed by atoms with van der Waals surface area (Å²) >= 11 is 0. The van der Waals surface area contributed by atoms with Crippen molar-refractivity contribution in [3.8, 4) is 0 Å². The molecule has 0 fully saturated rings. The van der Waals surface area contributed by atoms with Crippen LogP contribution in [0.5, 0.6) is 0 Å². The summed E-state index contributed by atoms with van der Waals surface area (Å²) in [6, 6.07) is 0. The zero-order valence-corrected chi connectivity index (χ0v) is 8.57. The second kappa shape index (κ2) is 3.11. The summed E-state index contributed by atoms with van der Waals surface area (Å²) in [6.07, 6.45) is 1.05. The molecule has 1 aliphatic rings. The third-order valence-corrected chi connectivity index (χ3v) is 2.95. The van der Waals surface area contributed by atoms with Gasteiger partial charge < -0.3 is 5.32 Å². The maximum atomic E-state index is 4.62. The van der Waals surface area contributed by atoms with E-state index < -0.39 is 0 Å². The summed E-state index contributed by atoms with van der Waals surface area (Å²) in [5, 5.41) is 3.39. The molecule has 0 atom stereocenters. The number of fused-ring (bicyclic) bond motifs is 1. The van der Waals surface area contributed by atoms with Crippen LogP contribution in [-0.2, 0) is 19.5 Å². The molecule has 0 saturated carbocycles. The average Bonchev–Trinajstić information content (AvgIpc) is 2.60. The first kappa shape index (κ1) is 8.70. The largest absolute Gasteiger partial charge is 0.309 e. The topological polar surface area (TPSA) is 24.9 Å². The monoisotopic (exact) mass is 176 g/mol. The van der Waals surface area contributed by atoms with Gasteiger partial charge in [-0.1, -0.05) is 6.92 Å². The van der Waals surface area contributed by atoms with Crippen molar-refractivity contribution in [1.82, 2.24) is 10.3 Å². The van der Waals surface area contributed by atoms with E-state index in [4.69, 9.17) is 0 Å². The summed E-state index contributed by atoms with van der Waals surface area (Å²) in [4.78, 5) is 4.62. The van der Waals surface area contributed by atoms with Crippen LogP contribution in [0.3, 0.4) is 0 Å². The Morgan fingerprint density at radius 1 is 1.23 bits per heavy atom. The van der Waals surface area contributed by atoms with E-state index in [9.17, 15) is 0 Å². The van der Waals surface area contributed by atoms with Crippen LogP contribution in [0.1, 0.15) is 35.0 Å². The molecular formula is C11H16N2. The highest BCUT2D eigenvalue weighted by atomic mass is 14.9. The number of nitrogens with zero attached hydrogens (tertiary/aromatic N) is 1. The number of rotatable bonds is 1. The molecule has 1 aliphatic heterocycles. The number of nitrogens with one attached hydrogen (secondary N) is 1. The van der Waals surface area contributed by atoms with Crippen LogP contribution in [0.2, 0.25) is 0 Å². The first-order valence-electron chi connectivity index (χ1n) is 4.92. The maximum Gasteiger partial charge on any atom is 0.0452 e. The molecule has 2 heterocycles. The van der Waals surface area contributed by atoms with Crippen molar-refractivity contribution in [2.45, 2.75) is 40.3 Å². The lowest BCUT2D eigenvalue weighted by molar-refractivity contribution is 0.759. The molecule has 1 N–H and O–H groups in total. The Morgan fingerprint density at radius 3 is 2.62 bits per heavy atom. The highest BCUT2D eigenvalue weighted by molar-refractivity contribution is 5.41. The fourth-order valence-corrected chi connectivity index (χ4v) is 2.03. The molecule has 2 nitrogen and oxygen atoms in total. The Morgan fingerprint density at radius 2 is 1.92 bits per heavy atom. The fourth-order valence-electron chi connectivity index (χ4n) is 2.03. The standard InChI is InChI=1S/C11H16N2/c1-4-11-10-6-12-5-9(10)7(2)8(3)13-11/h12H,4-6H2,1-3H3. The van der Waals surface area contributed by atoms with Crippen LogP contribution in [0.25, 0.3) is 0 Å². The van der Waals surface area contributed by atoms with Gasteiger partial charge in [0.05, 0.1) is 0 Å². The van der Waals surface area contributed by atoms with Crippen molar-refractivity contribution in [2.24, 2.45) is 0 Å². The van der Waals surface area contributed by atoms with E-state index in [0.717, 1.165) is 19.5 Å². The minimum atomic E-state index is 1.01. The molecule has 0 unspecified atom stereocenters. The highest BCUT2D eigenvalue weighted by Gasteiger charge is 2.18. The zero-order valence-electron chi connectivity index (χ0n) is 8.57. The van der Waals surface area contributed by atoms with Crippen LogP contribution >= 0.6 is 0 Å². The Kier molecular flexibility index (Phi) is 2.08. The first-order valence-corrected chi connectivity index (χ1v) is 4.92. The lowest BCUT2D eigenvalue weighted by Crippen LogP contribution is -2.02. The second-order valence-electron chi connectivity index (χ2n) is 3.68.